The fourth-order valence-electron chi connectivity index (χ4n) is 4.80. The van der Waals surface area contributed by atoms with Crippen LogP contribution in [0.1, 0.15) is 42.4 Å². The van der Waals surface area contributed by atoms with Gasteiger partial charge >= 0.3 is 6.16 Å². The third kappa shape index (κ3) is 5.92. The lowest BCUT2D eigenvalue weighted by Gasteiger charge is -2.33. The number of methoxy groups -OCH3 is 1. The molecule has 0 radical (unpaired) electrons. The van der Waals surface area contributed by atoms with E-state index >= 15 is 0 Å². The number of likely N-dealkylation sites (tertiary alicyclic amines) is 1. The minimum Gasteiger partial charge on any atom is -0.437 e. The van der Waals surface area contributed by atoms with Gasteiger partial charge in [-0.2, -0.15) is 0 Å². The van der Waals surface area contributed by atoms with Crippen molar-refractivity contribution in [2.45, 2.75) is 45.4 Å². The summed E-state index contributed by atoms with van der Waals surface area (Å²) in [7, 11) is 1.31. The van der Waals surface area contributed by atoms with Gasteiger partial charge in [0.25, 0.3) is 0 Å². The fraction of sp³-hybridized carbons (Fsp3) is 0.444. The van der Waals surface area contributed by atoms with Crippen LogP contribution in [0.25, 0.3) is 10.9 Å². The van der Waals surface area contributed by atoms with Crippen LogP contribution in [0.15, 0.2) is 48.7 Å². The van der Waals surface area contributed by atoms with E-state index in [1.54, 1.807) is 0 Å². The van der Waals surface area contributed by atoms with Crippen molar-refractivity contribution in [1.82, 2.24) is 9.88 Å². The van der Waals surface area contributed by atoms with Crippen LogP contribution in [0.2, 0.25) is 0 Å². The summed E-state index contributed by atoms with van der Waals surface area (Å²) in [5, 5.41) is 1.19. The van der Waals surface area contributed by atoms with Crippen LogP contribution < -0.4 is 4.74 Å². The molecule has 0 aliphatic carbocycles. The van der Waals surface area contributed by atoms with E-state index in [0.717, 1.165) is 17.9 Å². The molecule has 4 rings (SSSR count). The minimum atomic E-state index is -0.699. The average Bonchev–Trinajstić information content (AvgIpc) is 3.20. The number of carbonyl (C=O) groups excluding carboxylic acids is 1. The van der Waals surface area contributed by atoms with Crippen LogP contribution in [0, 0.1) is 12.8 Å². The summed E-state index contributed by atoms with van der Waals surface area (Å²) in [5.41, 5.74) is 5.11. The first-order valence-corrected chi connectivity index (χ1v) is 11.7. The van der Waals surface area contributed by atoms with Gasteiger partial charge in [-0.1, -0.05) is 29.8 Å². The molecule has 1 aromatic heterocycles. The van der Waals surface area contributed by atoms with Crippen LogP contribution in [-0.2, 0) is 17.6 Å². The molecule has 0 bridgehead atoms. The number of hydrogen-bond acceptors (Lipinski definition) is 4. The number of carbonyl (C=O) groups is 1. The van der Waals surface area contributed by atoms with Crippen molar-refractivity contribution in [1.29, 1.82) is 0 Å². The number of hydrogen-bond donors (Lipinski definition) is 1. The van der Waals surface area contributed by atoms with Gasteiger partial charge in [0, 0.05) is 29.7 Å². The topological polar surface area (TPSA) is 54.6 Å². The summed E-state index contributed by atoms with van der Waals surface area (Å²) in [4.78, 5) is 17.3. The molecule has 32 heavy (non-hydrogen) atoms. The highest BCUT2D eigenvalue weighted by Crippen LogP contribution is 2.25. The van der Waals surface area contributed by atoms with E-state index in [1.807, 2.05) is 18.2 Å². The molecule has 1 unspecified atom stereocenters. The quantitative estimate of drug-likeness (QED) is 0.272. The summed E-state index contributed by atoms with van der Waals surface area (Å²) >= 11 is 0. The summed E-state index contributed by atoms with van der Waals surface area (Å²) in [6, 6.07) is 14.7. The number of nitrogens with one attached hydrogen (secondary N) is 1. The maximum atomic E-state index is 11.3. The molecule has 0 amide bonds. The van der Waals surface area contributed by atoms with Gasteiger partial charge in [0.05, 0.1) is 7.11 Å². The highest BCUT2D eigenvalue weighted by Gasteiger charge is 2.19. The van der Waals surface area contributed by atoms with Gasteiger partial charge in [-0.05, 0) is 87.7 Å². The molecule has 2 aromatic carbocycles. The number of unbranched alkanes of at least 4 members (excludes halogenated alkanes) is 1. The van der Waals surface area contributed by atoms with E-state index in [4.69, 9.17) is 4.74 Å². The lowest BCUT2D eigenvalue weighted by Crippen LogP contribution is -2.36. The smallest absolute Gasteiger partial charge is 0.437 e. The second-order valence-electron chi connectivity index (χ2n) is 9.03. The average molecular weight is 435 g/mol. The number of rotatable bonds is 8. The van der Waals surface area contributed by atoms with Crippen molar-refractivity contribution in [3.63, 3.8) is 0 Å². The van der Waals surface area contributed by atoms with Crippen molar-refractivity contribution < 1.29 is 14.3 Å². The first-order chi connectivity index (χ1) is 15.6. The van der Waals surface area contributed by atoms with Crippen LogP contribution >= 0.6 is 0 Å². The standard InChI is InChI=1S/C27H34N2O3/c1-20-8-10-21(11-9-20)16-22-6-5-15-29(19-22)14-4-3-7-23-18-28-26-17-24(12-13-25(23)26)32-27(30)31-2/h8-13,17-18,22,28H,3-7,14-16,19H2,1-2H3. The third-order valence-corrected chi connectivity index (χ3v) is 6.53. The van der Waals surface area contributed by atoms with Gasteiger partial charge in [-0.3, -0.25) is 0 Å². The van der Waals surface area contributed by atoms with E-state index in [2.05, 4.69) is 52.0 Å². The van der Waals surface area contributed by atoms with Gasteiger partial charge in [0.1, 0.15) is 5.75 Å². The van der Waals surface area contributed by atoms with E-state index in [1.165, 1.54) is 80.9 Å². The van der Waals surface area contributed by atoms with E-state index in [-0.39, 0.29) is 0 Å². The van der Waals surface area contributed by atoms with Gasteiger partial charge in [-0.25, -0.2) is 4.79 Å². The number of ether oxygens (including phenoxy) is 2. The molecule has 1 aliphatic heterocycles. The molecule has 1 atom stereocenters. The maximum Gasteiger partial charge on any atom is 0.513 e. The van der Waals surface area contributed by atoms with E-state index < -0.39 is 6.16 Å². The second-order valence-corrected chi connectivity index (χ2v) is 9.03. The van der Waals surface area contributed by atoms with Crippen LogP contribution in [-0.4, -0.2) is 42.8 Å². The highest BCUT2D eigenvalue weighted by atomic mass is 16.7. The number of H-pyrrole nitrogens is 1. The lowest BCUT2D eigenvalue weighted by molar-refractivity contribution is 0.121. The van der Waals surface area contributed by atoms with Gasteiger partial charge < -0.3 is 19.4 Å². The van der Waals surface area contributed by atoms with E-state index in [0.29, 0.717) is 5.75 Å². The Balaban J connectivity index is 1.23. The maximum absolute atomic E-state index is 11.3. The molecule has 1 aliphatic rings. The Morgan fingerprint density at radius 2 is 2.00 bits per heavy atom. The van der Waals surface area contributed by atoms with Crippen molar-refractivity contribution in [2.75, 3.05) is 26.7 Å². The molecule has 170 valence electrons. The molecular formula is C27H34N2O3. The van der Waals surface area contributed by atoms with Crippen molar-refractivity contribution in [2.24, 2.45) is 5.92 Å². The van der Waals surface area contributed by atoms with Gasteiger partial charge in [0.2, 0.25) is 0 Å². The summed E-state index contributed by atoms with van der Waals surface area (Å²) < 4.78 is 9.66. The Hall–Kier alpha value is -2.79. The number of aromatic amines is 1. The Kier molecular flexibility index (Phi) is 7.48. The van der Waals surface area contributed by atoms with E-state index in [9.17, 15) is 4.79 Å². The zero-order valence-corrected chi connectivity index (χ0v) is 19.2. The summed E-state index contributed by atoms with van der Waals surface area (Å²) in [5.74, 6) is 1.27. The van der Waals surface area contributed by atoms with Crippen LogP contribution in [0.4, 0.5) is 4.79 Å². The monoisotopic (exact) mass is 434 g/mol. The number of piperidine rings is 1. The van der Waals surface area contributed by atoms with Crippen LogP contribution in [0.3, 0.4) is 0 Å². The Morgan fingerprint density at radius 1 is 1.16 bits per heavy atom. The first kappa shape index (κ1) is 22.4. The molecule has 1 N–H and O–H groups in total. The predicted molar refractivity (Wildman–Crippen MR) is 128 cm³/mol. The SMILES string of the molecule is COC(=O)Oc1ccc2c(CCCCN3CCCC(Cc4ccc(C)cc4)C3)c[nH]c2c1. The lowest BCUT2D eigenvalue weighted by atomic mass is 9.91. The molecule has 5 heteroatoms. The molecule has 5 nitrogen and oxygen atoms in total. The minimum absolute atomic E-state index is 0.489. The zero-order chi connectivity index (χ0) is 22.3. The normalized spacial score (nSPS) is 16.9. The van der Waals surface area contributed by atoms with Crippen molar-refractivity contribution in [3.05, 3.63) is 65.4 Å². The number of aromatic nitrogens is 1. The summed E-state index contributed by atoms with van der Waals surface area (Å²) in [6.45, 7) is 5.80. The third-order valence-electron chi connectivity index (χ3n) is 6.53. The summed E-state index contributed by atoms with van der Waals surface area (Å²) in [6.07, 6.45) is 8.68. The first-order valence-electron chi connectivity index (χ1n) is 11.7. The van der Waals surface area contributed by atoms with Crippen LogP contribution in [0.5, 0.6) is 5.75 Å². The Morgan fingerprint density at radius 3 is 2.81 bits per heavy atom. The number of aryl methyl sites for hydroxylation is 2. The Bertz CT molecular complexity index is 1030. The molecule has 2 heterocycles. The largest absolute Gasteiger partial charge is 0.513 e. The number of benzene rings is 2. The van der Waals surface area contributed by atoms with Gasteiger partial charge in [0.15, 0.2) is 0 Å². The fourth-order valence-corrected chi connectivity index (χ4v) is 4.80. The van der Waals surface area contributed by atoms with Crippen molar-refractivity contribution in [3.8, 4) is 5.75 Å². The molecule has 1 saturated heterocycles. The van der Waals surface area contributed by atoms with Gasteiger partial charge in [-0.15, -0.1) is 0 Å². The predicted octanol–water partition coefficient (Wildman–Crippen LogP) is 5.90. The highest BCUT2D eigenvalue weighted by molar-refractivity contribution is 5.85. The number of fused-ring (bicyclic) bond motifs is 1. The molecular weight excluding hydrogens is 400 g/mol. The second kappa shape index (κ2) is 10.7. The Labute approximate surface area is 190 Å². The molecule has 0 saturated carbocycles. The zero-order valence-electron chi connectivity index (χ0n) is 19.2. The molecule has 0 spiro atoms. The number of nitrogens with zero attached hydrogens (tertiary/aromatic N) is 1. The van der Waals surface area contributed by atoms with Crippen molar-refractivity contribution >= 4 is 17.1 Å². The molecule has 3 aromatic rings. The molecule has 1 fully saturated rings.